The molecule has 3 aromatic rings. The molecule has 1 amide bonds. The average molecular weight is 402 g/mol. The molecular weight excluding hydrogens is 384 g/mol. The van der Waals surface area contributed by atoms with Crippen molar-refractivity contribution in [1.29, 1.82) is 0 Å². The molecule has 0 spiro atoms. The second-order valence-corrected chi connectivity index (χ2v) is 8.48. The molecule has 2 N–H and O–H groups in total. The van der Waals surface area contributed by atoms with Gasteiger partial charge in [0.1, 0.15) is 16.0 Å². The molecule has 2 aromatic carbocycles. The number of rotatable bonds is 7. The fourth-order valence-corrected chi connectivity index (χ4v) is 4.69. The molecule has 0 aliphatic carbocycles. The van der Waals surface area contributed by atoms with Gasteiger partial charge in [-0.1, -0.05) is 48.5 Å². The van der Waals surface area contributed by atoms with Crippen molar-refractivity contribution in [2.24, 2.45) is 0 Å². The Bertz CT molecular complexity index is 1000. The van der Waals surface area contributed by atoms with Crippen LogP contribution in [0.15, 0.2) is 76.3 Å². The first-order chi connectivity index (χ1) is 13.0. The van der Waals surface area contributed by atoms with Gasteiger partial charge in [-0.25, -0.2) is 8.42 Å². The first-order valence-electron chi connectivity index (χ1n) is 8.06. The molecule has 1 heterocycles. The zero-order valence-electron chi connectivity index (χ0n) is 14.5. The number of sulfonamides is 1. The third-order valence-electron chi connectivity index (χ3n) is 3.79. The van der Waals surface area contributed by atoms with Crippen LogP contribution in [0.2, 0.25) is 0 Å². The normalized spacial score (nSPS) is 12.3. The van der Waals surface area contributed by atoms with Crippen molar-refractivity contribution in [3.63, 3.8) is 0 Å². The van der Waals surface area contributed by atoms with Gasteiger partial charge in [0.05, 0.1) is 12.8 Å². The van der Waals surface area contributed by atoms with Crippen molar-refractivity contribution < 1.29 is 17.9 Å². The molecule has 0 saturated heterocycles. The van der Waals surface area contributed by atoms with Crippen molar-refractivity contribution in [2.45, 2.75) is 10.3 Å². The van der Waals surface area contributed by atoms with E-state index < -0.39 is 22.0 Å². The highest BCUT2D eigenvalue weighted by Crippen LogP contribution is 2.26. The molecule has 8 heteroatoms. The number of anilines is 1. The summed E-state index contributed by atoms with van der Waals surface area (Å²) in [4.78, 5) is 12.9. The zero-order chi connectivity index (χ0) is 19.3. The minimum Gasteiger partial charge on any atom is -0.495 e. The fraction of sp³-hybridized carbons (Fsp3) is 0.105. The van der Waals surface area contributed by atoms with Crippen LogP contribution in [-0.4, -0.2) is 21.4 Å². The van der Waals surface area contributed by atoms with Crippen LogP contribution in [0.4, 0.5) is 5.69 Å². The zero-order valence-corrected chi connectivity index (χ0v) is 16.1. The Morgan fingerprint density at radius 2 is 1.70 bits per heavy atom. The van der Waals surface area contributed by atoms with E-state index >= 15 is 0 Å². The number of ether oxygens (including phenoxy) is 1. The molecule has 0 aliphatic heterocycles. The van der Waals surface area contributed by atoms with E-state index in [0.717, 1.165) is 11.3 Å². The Hall–Kier alpha value is -2.68. The predicted molar refractivity (Wildman–Crippen MR) is 105 cm³/mol. The monoisotopic (exact) mass is 402 g/mol. The summed E-state index contributed by atoms with van der Waals surface area (Å²) in [6, 6.07) is 17.7. The summed E-state index contributed by atoms with van der Waals surface area (Å²) in [5, 5.41) is 4.41. The first kappa shape index (κ1) is 19.1. The number of thiophene rings is 1. The maximum atomic E-state index is 12.9. The van der Waals surface area contributed by atoms with Crippen molar-refractivity contribution in [1.82, 2.24) is 4.72 Å². The summed E-state index contributed by atoms with van der Waals surface area (Å²) in [7, 11) is -2.34. The predicted octanol–water partition coefficient (Wildman–Crippen LogP) is 3.42. The molecule has 6 nitrogen and oxygen atoms in total. The van der Waals surface area contributed by atoms with Gasteiger partial charge in [-0.3, -0.25) is 4.79 Å². The topological polar surface area (TPSA) is 84.5 Å². The number of benzene rings is 2. The van der Waals surface area contributed by atoms with Crippen molar-refractivity contribution in [2.75, 3.05) is 12.4 Å². The van der Waals surface area contributed by atoms with Crippen LogP contribution in [0, 0.1) is 0 Å². The standard InChI is InChI=1S/C19H18N2O4S2/c1-25-16-11-6-5-10-15(16)20-19(22)18(14-8-3-2-4-9-14)21-27(23,24)17-12-7-13-26-17/h2-13,18,21H,1H3,(H,20,22)/t18-/m0/s1. The second-order valence-electron chi connectivity index (χ2n) is 5.59. The van der Waals surface area contributed by atoms with Gasteiger partial charge < -0.3 is 10.1 Å². The lowest BCUT2D eigenvalue weighted by atomic mass is 10.1. The lowest BCUT2D eigenvalue weighted by Crippen LogP contribution is -2.36. The summed E-state index contributed by atoms with van der Waals surface area (Å²) < 4.78 is 33.2. The Balaban J connectivity index is 1.92. The van der Waals surface area contributed by atoms with Crippen LogP contribution in [0.1, 0.15) is 11.6 Å². The van der Waals surface area contributed by atoms with E-state index in [0.29, 0.717) is 17.0 Å². The van der Waals surface area contributed by atoms with Gasteiger partial charge in [0.25, 0.3) is 10.0 Å². The minimum atomic E-state index is -3.84. The molecule has 0 unspecified atom stereocenters. The van der Waals surface area contributed by atoms with Crippen LogP contribution in [0.25, 0.3) is 0 Å². The van der Waals surface area contributed by atoms with Crippen LogP contribution in [0.3, 0.4) is 0 Å². The Morgan fingerprint density at radius 1 is 1.00 bits per heavy atom. The largest absolute Gasteiger partial charge is 0.495 e. The maximum absolute atomic E-state index is 12.9. The van der Waals surface area contributed by atoms with Gasteiger partial charge in [0.15, 0.2) is 0 Å². The smallest absolute Gasteiger partial charge is 0.251 e. The molecule has 27 heavy (non-hydrogen) atoms. The Labute approximate surface area is 161 Å². The maximum Gasteiger partial charge on any atom is 0.251 e. The molecule has 0 aliphatic rings. The lowest BCUT2D eigenvalue weighted by molar-refractivity contribution is -0.117. The fourth-order valence-electron chi connectivity index (χ4n) is 2.50. The van der Waals surface area contributed by atoms with Crippen LogP contribution in [-0.2, 0) is 14.8 Å². The quantitative estimate of drug-likeness (QED) is 0.634. The van der Waals surface area contributed by atoms with Crippen LogP contribution in [0.5, 0.6) is 5.75 Å². The van der Waals surface area contributed by atoms with E-state index in [9.17, 15) is 13.2 Å². The van der Waals surface area contributed by atoms with Crippen LogP contribution < -0.4 is 14.8 Å². The van der Waals surface area contributed by atoms with Gasteiger partial charge >= 0.3 is 0 Å². The number of carbonyl (C=O) groups is 1. The number of para-hydroxylation sites is 2. The molecule has 1 aromatic heterocycles. The molecule has 140 valence electrons. The Kier molecular flexibility index (Phi) is 5.90. The molecule has 0 fully saturated rings. The summed E-state index contributed by atoms with van der Waals surface area (Å²) in [6.45, 7) is 0. The van der Waals surface area contributed by atoms with Gasteiger partial charge in [0.2, 0.25) is 5.91 Å². The lowest BCUT2D eigenvalue weighted by Gasteiger charge is -2.19. The number of nitrogens with one attached hydrogen (secondary N) is 2. The summed E-state index contributed by atoms with van der Waals surface area (Å²) >= 11 is 1.09. The molecule has 0 bridgehead atoms. The van der Waals surface area contributed by atoms with Gasteiger partial charge in [0, 0.05) is 0 Å². The minimum absolute atomic E-state index is 0.147. The van der Waals surface area contributed by atoms with Crippen molar-refractivity contribution in [3.8, 4) is 5.75 Å². The number of hydrogen-bond acceptors (Lipinski definition) is 5. The van der Waals surface area contributed by atoms with Gasteiger partial charge in [-0.05, 0) is 29.1 Å². The molecule has 3 rings (SSSR count). The van der Waals surface area contributed by atoms with E-state index in [1.54, 1.807) is 66.0 Å². The summed E-state index contributed by atoms with van der Waals surface area (Å²) in [5.41, 5.74) is 0.992. The SMILES string of the molecule is COc1ccccc1NC(=O)[C@@H](NS(=O)(=O)c1cccs1)c1ccccc1. The highest BCUT2D eigenvalue weighted by atomic mass is 32.2. The number of methoxy groups -OCH3 is 1. The summed E-state index contributed by atoms with van der Waals surface area (Å²) in [5.74, 6) is -0.0235. The van der Waals surface area contributed by atoms with Gasteiger partial charge in [-0.15, -0.1) is 11.3 Å². The highest BCUT2D eigenvalue weighted by Gasteiger charge is 2.28. The molecular formula is C19H18N2O4S2. The van der Waals surface area contributed by atoms with E-state index in [-0.39, 0.29) is 4.21 Å². The van der Waals surface area contributed by atoms with E-state index in [1.807, 2.05) is 0 Å². The van der Waals surface area contributed by atoms with Crippen molar-refractivity contribution >= 4 is 33.0 Å². The van der Waals surface area contributed by atoms with Gasteiger partial charge in [-0.2, -0.15) is 4.72 Å². The number of carbonyl (C=O) groups excluding carboxylic acids is 1. The van der Waals surface area contributed by atoms with Crippen LogP contribution >= 0.6 is 11.3 Å². The van der Waals surface area contributed by atoms with E-state index in [4.69, 9.17) is 4.74 Å². The molecule has 1 atom stereocenters. The van der Waals surface area contributed by atoms with E-state index in [1.165, 1.54) is 13.2 Å². The third-order valence-corrected chi connectivity index (χ3v) is 6.61. The first-order valence-corrected chi connectivity index (χ1v) is 10.4. The summed E-state index contributed by atoms with van der Waals surface area (Å²) in [6.07, 6.45) is 0. The van der Waals surface area contributed by atoms with E-state index in [2.05, 4.69) is 10.0 Å². The Morgan fingerprint density at radius 3 is 2.37 bits per heavy atom. The number of amides is 1. The second kappa shape index (κ2) is 8.34. The third kappa shape index (κ3) is 4.54. The average Bonchev–Trinajstić information content (AvgIpc) is 3.23. The molecule has 0 saturated carbocycles. The number of hydrogen-bond donors (Lipinski definition) is 2. The van der Waals surface area contributed by atoms with Crippen molar-refractivity contribution in [3.05, 3.63) is 77.7 Å². The molecule has 0 radical (unpaired) electrons. The highest BCUT2D eigenvalue weighted by molar-refractivity contribution is 7.91.